The first kappa shape index (κ1) is 15.1. The summed E-state index contributed by atoms with van der Waals surface area (Å²) in [6.07, 6.45) is 0.0205. The summed E-state index contributed by atoms with van der Waals surface area (Å²) in [6, 6.07) is 3.60. The third-order valence-corrected chi connectivity index (χ3v) is 2.41. The monoisotopic (exact) mass is 275 g/mol. The summed E-state index contributed by atoms with van der Waals surface area (Å²) in [5, 5.41) is 10.6. The highest BCUT2D eigenvalue weighted by atomic mass is 19.3. The average Bonchev–Trinajstić information content (AvgIpc) is 2.36. The molecule has 0 amide bonds. The van der Waals surface area contributed by atoms with Crippen molar-refractivity contribution in [3.63, 3.8) is 0 Å². The molecule has 0 heterocycles. The molecular weight excluding hydrogens is 260 g/mol. The molecule has 1 rings (SSSR count). The molecule has 0 N–H and O–H groups in total. The van der Waals surface area contributed by atoms with Crippen LogP contribution in [0.1, 0.15) is 19.8 Å². The number of rotatable bonds is 7. The summed E-state index contributed by atoms with van der Waals surface area (Å²) in [5.41, 5.74) is -0.241. The SMILES string of the molecule is CCCC(F)(F)COc1cc([N+](=O)[O-])ccc1OC. The van der Waals surface area contributed by atoms with Crippen molar-refractivity contribution in [1.82, 2.24) is 0 Å². The van der Waals surface area contributed by atoms with Crippen LogP contribution in [-0.2, 0) is 0 Å². The van der Waals surface area contributed by atoms with E-state index < -0.39 is 17.5 Å². The van der Waals surface area contributed by atoms with Crippen molar-refractivity contribution in [2.75, 3.05) is 13.7 Å². The van der Waals surface area contributed by atoms with Gasteiger partial charge in [0.25, 0.3) is 11.6 Å². The lowest BCUT2D eigenvalue weighted by molar-refractivity contribution is -0.385. The third-order valence-electron chi connectivity index (χ3n) is 2.41. The van der Waals surface area contributed by atoms with Gasteiger partial charge in [-0.2, -0.15) is 0 Å². The second-order valence-electron chi connectivity index (χ2n) is 3.99. The van der Waals surface area contributed by atoms with Crippen molar-refractivity contribution in [1.29, 1.82) is 0 Å². The molecule has 0 unspecified atom stereocenters. The van der Waals surface area contributed by atoms with Crippen LogP contribution in [0.5, 0.6) is 11.5 Å². The van der Waals surface area contributed by atoms with Gasteiger partial charge in [0.15, 0.2) is 18.1 Å². The van der Waals surface area contributed by atoms with E-state index in [1.54, 1.807) is 6.92 Å². The second kappa shape index (κ2) is 6.31. The van der Waals surface area contributed by atoms with Gasteiger partial charge in [-0.1, -0.05) is 13.3 Å². The fourth-order valence-corrected chi connectivity index (χ4v) is 1.51. The van der Waals surface area contributed by atoms with Gasteiger partial charge in [-0.05, 0) is 6.07 Å². The smallest absolute Gasteiger partial charge is 0.281 e. The lowest BCUT2D eigenvalue weighted by Crippen LogP contribution is -2.25. The number of non-ortho nitro benzene ring substituents is 1. The Morgan fingerprint density at radius 1 is 1.37 bits per heavy atom. The zero-order valence-electron chi connectivity index (χ0n) is 10.7. The number of methoxy groups -OCH3 is 1. The van der Waals surface area contributed by atoms with Gasteiger partial charge in [-0.25, -0.2) is 8.78 Å². The van der Waals surface area contributed by atoms with E-state index in [0.29, 0.717) is 6.42 Å². The van der Waals surface area contributed by atoms with E-state index in [0.717, 1.165) is 6.07 Å². The Kier molecular flexibility index (Phi) is 5.02. The number of benzene rings is 1. The third kappa shape index (κ3) is 4.35. The molecule has 106 valence electrons. The molecular formula is C12H15F2NO4. The number of hydrogen-bond acceptors (Lipinski definition) is 4. The van der Waals surface area contributed by atoms with Gasteiger partial charge >= 0.3 is 0 Å². The molecule has 0 saturated carbocycles. The van der Waals surface area contributed by atoms with Crippen LogP contribution in [0.4, 0.5) is 14.5 Å². The minimum atomic E-state index is -2.97. The lowest BCUT2D eigenvalue weighted by Gasteiger charge is -2.17. The highest BCUT2D eigenvalue weighted by Crippen LogP contribution is 2.32. The van der Waals surface area contributed by atoms with Crippen LogP contribution < -0.4 is 9.47 Å². The van der Waals surface area contributed by atoms with E-state index in [1.165, 1.54) is 19.2 Å². The topological polar surface area (TPSA) is 61.6 Å². The number of halogens is 2. The molecule has 0 aliphatic heterocycles. The highest BCUT2D eigenvalue weighted by Gasteiger charge is 2.29. The van der Waals surface area contributed by atoms with Crippen LogP contribution in [0.15, 0.2) is 18.2 Å². The van der Waals surface area contributed by atoms with E-state index >= 15 is 0 Å². The zero-order chi connectivity index (χ0) is 14.5. The van der Waals surface area contributed by atoms with E-state index in [2.05, 4.69) is 0 Å². The van der Waals surface area contributed by atoms with Gasteiger partial charge in [0, 0.05) is 12.5 Å². The largest absolute Gasteiger partial charge is 0.493 e. The molecule has 0 bridgehead atoms. The molecule has 0 atom stereocenters. The molecule has 0 aliphatic carbocycles. The van der Waals surface area contributed by atoms with Gasteiger partial charge in [0.1, 0.15) is 0 Å². The van der Waals surface area contributed by atoms with E-state index in [-0.39, 0.29) is 23.6 Å². The molecule has 1 aromatic carbocycles. The van der Waals surface area contributed by atoms with Gasteiger partial charge in [-0.15, -0.1) is 0 Å². The molecule has 0 spiro atoms. The Hall–Kier alpha value is -1.92. The molecule has 0 fully saturated rings. The molecule has 5 nitrogen and oxygen atoms in total. The first-order valence-electron chi connectivity index (χ1n) is 5.72. The Bertz CT molecular complexity index is 451. The van der Waals surface area contributed by atoms with Gasteiger partial charge in [0.05, 0.1) is 18.1 Å². The van der Waals surface area contributed by atoms with Crippen molar-refractivity contribution in [3.8, 4) is 11.5 Å². The maximum atomic E-state index is 13.3. The number of nitrogens with zero attached hydrogens (tertiary/aromatic N) is 1. The van der Waals surface area contributed by atoms with Crippen LogP contribution in [0.2, 0.25) is 0 Å². The predicted molar refractivity (Wildman–Crippen MR) is 65.0 cm³/mol. The minimum Gasteiger partial charge on any atom is -0.493 e. The van der Waals surface area contributed by atoms with Crippen LogP contribution in [0, 0.1) is 10.1 Å². The Labute approximate surface area is 109 Å². The van der Waals surface area contributed by atoms with Crippen molar-refractivity contribution in [2.45, 2.75) is 25.7 Å². The first-order valence-corrected chi connectivity index (χ1v) is 5.72. The Morgan fingerprint density at radius 3 is 2.58 bits per heavy atom. The maximum absolute atomic E-state index is 13.3. The van der Waals surface area contributed by atoms with Crippen molar-refractivity contribution in [2.24, 2.45) is 0 Å². The van der Waals surface area contributed by atoms with Crippen LogP contribution >= 0.6 is 0 Å². The standard InChI is InChI=1S/C12H15F2NO4/c1-3-6-12(13,14)8-19-11-7-9(15(16)17)4-5-10(11)18-2/h4-5,7H,3,6,8H2,1-2H3. The fourth-order valence-electron chi connectivity index (χ4n) is 1.51. The maximum Gasteiger partial charge on any atom is 0.281 e. The molecule has 0 radical (unpaired) electrons. The number of nitro benzene ring substituents is 1. The van der Waals surface area contributed by atoms with Crippen LogP contribution in [0.3, 0.4) is 0 Å². The first-order chi connectivity index (χ1) is 8.89. The molecule has 7 heteroatoms. The van der Waals surface area contributed by atoms with Crippen molar-refractivity contribution < 1.29 is 23.2 Å². The lowest BCUT2D eigenvalue weighted by atomic mass is 10.2. The fraction of sp³-hybridized carbons (Fsp3) is 0.500. The molecule has 0 aromatic heterocycles. The van der Waals surface area contributed by atoms with E-state index in [9.17, 15) is 18.9 Å². The average molecular weight is 275 g/mol. The second-order valence-corrected chi connectivity index (χ2v) is 3.99. The van der Waals surface area contributed by atoms with Gasteiger partial charge < -0.3 is 9.47 Å². The zero-order valence-corrected chi connectivity index (χ0v) is 10.7. The summed E-state index contributed by atoms with van der Waals surface area (Å²) in [7, 11) is 1.33. The quantitative estimate of drug-likeness (QED) is 0.565. The number of nitro groups is 1. The highest BCUT2D eigenvalue weighted by molar-refractivity contribution is 5.48. The molecule has 0 aliphatic rings. The molecule has 19 heavy (non-hydrogen) atoms. The Balaban J connectivity index is 2.86. The number of hydrogen-bond donors (Lipinski definition) is 0. The van der Waals surface area contributed by atoms with Crippen molar-refractivity contribution >= 4 is 5.69 Å². The van der Waals surface area contributed by atoms with Gasteiger partial charge in [-0.3, -0.25) is 10.1 Å². The van der Waals surface area contributed by atoms with E-state index in [1.807, 2.05) is 0 Å². The van der Waals surface area contributed by atoms with Crippen molar-refractivity contribution in [3.05, 3.63) is 28.3 Å². The number of alkyl halides is 2. The summed E-state index contributed by atoms with van der Waals surface area (Å²) in [6.45, 7) is 0.806. The van der Waals surface area contributed by atoms with E-state index in [4.69, 9.17) is 9.47 Å². The molecule has 1 aromatic rings. The summed E-state index contributed by atoms with van der Waals surface area (Å²) >= 11 is 0. The summed E-state index contributed by atoms with van der Waals surface area (Å²) in [4.78, 5) is 9.99. The Morgan fingerprint density at radius 2 is 2.05 bits per heavy atom. The van der Waals surface area contributed by atoms with Crippen LogP contribution in [-0.4, -0.2) is 24.6 Å². The normalized spacial score (nSPS) is 11.2. The summed E-state index contributed by atoms with van der Waals surface area (Å²) < 4.78 is 36.5. The van der Waals surface area contributed by atoms with Crippen LogP contribution in [0.25, 0.3) is 0 Å². The minimum absolute atomic E-state index is 0.0625. The summed E-state index contributed by atoms with van der Waals surface area (Å²) in [5.74, 6) is -2.85. The molecule has 0 saturated heterocycles. The number of ether oxygens (including phenoxy) is 2. The predicted octanol–water partition coefficient (Wildman–Crippen LogP) is 3.42. The van der Waals surface area contributed by atoms with Gasteiger partial charge in [0.2, 0.25) is 0 Å².